The number of alkyl halides is 2. The van der Waals surface area contributed by atoms with Gasteiger partial charge in [0.2, 0.25) is 0 Å². The van der Waals surface area contributed by atoms with Gasteiger partial charge in [-0.2, -0.15) is 0 Å². The summed E-state index contributed by atoms with van der Waals surface area (Å²) in [5.74, 6) is -0.809. The number of hydrogen-bond donors (Lipinski definition) is 0. The molecule has 1 aliphatic rings. The quantitative estimate of drug-likeness (QED) is 0.654. The standard InChI is InChI=1S/C8H10F2O2/c1-5(11)4-8(7(9)10)3-2-6(8)12/h7H,2-4H2,1H3. The Labute approximate surface area is 68.9 Å². The molecule has 1 unspecified atom stereocenters. The van der Waals surface area contributed by atoms with Crippen LogP contribution in [0.1, 0.15) is 26.2 Å². The first kappa shape index (κ1) is 9.29. The Morgan fingerprint density at radius 1 is 1.67 bits per heavy atom. The predicted octanol–water partition coefficient (Wildman–Crippen LogP) is 1.58. The van der Waals surface area contributed by atoms with Gasteiger partial charge < -0.3 is 0 Å². The number of hydrogen-bond acceptors (Lipinski definition) is 2. The molecule has 68 valence electrons. The van der Waals surface area contributed by atoms with E-state index in [-0.39, 0.29) is 25.0 Å². The van der Waals surface area contributed by atoms with Gasteiger partial charge in [-0.1, -0.05) is 0 Å². The highest BCUT2D eigenvalue weighted by atomic mass is 19.3. The summed E-state index contributed by atoms with van der Waals surface area (Å²) in [7, 11) is 0. The highest BCUT2D eigenvalue weighted by molar-refractivity contribution is 5.95. The Morgan fingerprint density at radius 3 is 2.33 bits per heavy atom. The molecule has 0 N–H and O–H groups in total. The van der Waals surface area contributed by atoms with Crippen LogP contribution >= 0.6 is 0 Å². The van der Waals surface area contributed by atoms with Crippen LogP contribution in [0.3, 0.4) is 0 Å². The zero-order valence-electron chi connectivity index (χ0n) is 6.77. The third-order valence-electron chi connectivity index (χ3n) is 2.34. The third-order valence-corrected chi connectivity index (χ3v) is 2.34. The molecule has 0 bridgehead atoms. The second kappa shape index (κ2) is 2.92. The molecule has 0 saturated heterocycles. The fraction of sp³-hybridized carbons (Fsp3) is 0.750. The van der Waals surface area contributed by atoms with Gasteiger partial charge in [-0.15, -0.1) is 0 Å². The maximum absolute atomic E-state index is 12.4. The number of ketones is 2. The van der Waals surface area contributed by atoms with Crippen molar-refractivity contribution in [2.24, 2.45) is 5.41 Å². The lowest BCUT2D eigenvalue weighted by Gasteiger charge is -2.38. The Bertz CT molecular complexity index is 225. The largest absolute Gasteiger partial charge is 0.300 e. The van der Waals surface area contributed by atoms with Crippen LogP contribution in [0.5, 0.6) is 0 Å². The lowest BCUT2D eigenvalue weighted by Crippen LogP contribution is -2.47. The van der Waals surface area contributed by atoms with Gasteiger partial charge in [0.25, 0.3) is 6.43 Å². The normalized spacial score (nSPS) is 28.8. The van der Waals surface area contributed by atoms with Crippen molar-refractivity contribution in [3.05, 3.63) is 0 Å². The summed E-state index contributed by atoms with van der Waals surface area (Å²) in [5, 5.41) is 0. The second-order valence-corrected chi connectivity index (χ2v) is 3.26. The van der Waals surface area contributed by atoms with E-state index in [1.807, 2.05) is 0 Å². The Kier molecular flexibility index (Phi) is 2.26. The van der Waals surface area contributed by atoms with E-state index in [0.29, 0.717) is 0 Å². The summed E-state index contributed by atoms with van der Waals surface area (Å²) in [6.07, 6.45) is -2.65. The predicted molar refractivity (Wildman–Crippen MR) is 38.0 cm³/mol. The first-order valence-electron chi connectivity index (χ1n) is 3.80. The molecule has 1 fully saturated rings. The van der Waals surface area contributed by atoms with Gasteiger partial charge >= 0.3 is 0 Å². The van der Waals surface area contributed by atoms with Crippen molar-refractivity contribution in [2.45, 2.75) is 32.6 Å². The van der Waals surface area contributed by atoms with E-state index in [1.165, 1.54) is 6.92 Å². The lowest BCUT2D eigenvalue weighted by molar-refractivity contribution is -0.156. The molecule has 0 amide bonds. The average Bonchev–Trinajstić information content (AvgIpc) is 1.96. The van der Waals surface area contributed by atoms with E-state index in [0.717, 1.165) is 0 Å². The van der Waals surface area contributed by atoms with Gasteiger partial charge in [-0.3, -0.25) is 9.59 Å². The second-order valence-electron chi connectivity index (χ2n) is 3.26. The molecule has 0 aromatic heterocycles. The summed E-state index contributed by atoms with van der Waals surface area (Å²) < 4.78 is 24.7. The number of Topliss-reactive ketones (excluding diaryl/α,β-unsaturated/α-hetero) is 2. The van der Waals surface area contributed by atoms with Gasteiger partial charge in [-0.05, 0) is 13.3 Å². The van der Waals surface area contributed by atoms with E-state index >= 15 is 0 Å². The molecule has 2 nitrogen and oxygen atoms in total. The van der Waals surface area contributed by atoms with Gasteiger partial charge in [0, 0.05) is 12.8 Å². The van der Waals surface area contributed by atoms with E-state index in [4.69, 9.17) is 0 Å². The van der Waals surface area contributed by atoms with Crippen molar-refractivity contribution >= 4 is 11.6 Å². The molecule has 1 atom stereocenters. The fourth-order valence-electron chi connectivity index (χ4n) is 1.49. The summed E-state index contributed by atoms with van der Waals surface area (Å²) in [5.41, 5.74) is -1.62. The summed E-state index contributed by atoms with van der Waals surface area (Å²) in [6, 6.07) is 0. The van der Waals surface area contributed by atoms with Gasteiger partial charge in [-0.25, -0.2) is 8.78 Å². The molecule has 0 heterocycles. The minimum absolute atomic E-state index is 0.156. The first-order valence-corrected chi connectivity index (χ1v) is 3.80. The number of halogens is 2. The molecule has 1 aliphatic carbocycles. The summed E-state index contributed by atoms with van der Waals surface area (Å²) >= 11 is 0. The smallest absolute Gasteiger partial charge is 0.251 e. The Hall–Kier alpha value is -0.800. The van der Waals surface area contributed by atoms with Crippen LogP contribution in [0.25, 0.3) is 0 Å². The molecule has 12 heavy (non-hydrogen) atoms. The van der Waals surface area contributed by atoms with Crippen LogP contribution in [0.15, 0.2) is 0 Å². The number of carbonyl (C=O) groups excluding carboxylic acids is 2. The van der Waals surface area contributed by atoms with Gasteiger partial charge in [0.15, 0.2) is 0 Å². The van der Waals surface area contributed by atoms with Gasteiger partial charge in [0.1, 0.15) is 11.6 Å². The molecule has 0 radical (unpaired) electrons. The Morgan fingerprint density at radius 2 is 2.25 bits per heavy atom. The van der Waals surface area contributed by atoms with Crippen molar-refractivity contribution in [2.75, 3.05) is 0 Å². The van der Waals surface area contributed by atoms with Crippen molar-refractivity contribution in [3.63, 3.8) is 0 Å². The van der Waals surface area contributed by atoms with Gasteiger partial charge in [0.05, 0.1) is 5.41 Å². The highest BCUT2D eigenvalue weighted by Gasteiger charge is 2.53. The van der Waals surface area contributed by atoms with Crippen LogP contribution < -0.4 is 0 Å². The molecular weight excluding hydrogens is 166 g/mol. The van der Waals surface area contributed by atoms with Crippen LogP contribution in [0.4, 0.5) is 8.78 Å². The molecule has 1 saturated carbocycles. The van der Waals surface area contributed by atoms with Crippen molar-refractivity contribution < 1.29 is 18.4 Å². The third kappa shape index (κ3) is 1.26. The Balaban J connectivity index is 2.74. The van der Waals surface area contributed by atoms with Crippen LogP contribution in [0.2, 0.25) is 0 Å². The lowest BCUT2D eigenvalue weighted by atomic mass is 9.65. The fourth-order valence-corrected chi connectivity index (χ4v) is 1.49. The van der Waals surface area contributed by atoms with E-state index in [9.17, 15) is 18.4 Å². The van der Waals surface area contributed by atoms with Crippen LogP contribution in [-0.4, -0.2) is 18.0 Å². The SMILES string of the molecule is CC(=O)CC1(C(F)F)CCC1=O. The molecule has 0 aromatic carbocycles. The maximum Gasteiger partial charge on any atom is 0.251 e. The van der Waals surface area contributed by atoms with Crippen LogP contribution in [0, 0.1) is 5.41 Å². The minimum Gasteiger partial charge on any atom is -0.300 e. The zero-order valence-corrected chi connectivity index (χ0v) is 6.77. The highest BCUT2D eigenvalue weighted by Crippen LogP contribution is 2.45. The summed E-state index contributed by atoms with van der Waals surface area (Å²) in [6.45, 7) is 1.23. The maximum atomic E-state index is 12.4. The molecule has 0 spiro atoms. The molecule has 1 rings (SSSR count). The topological polar surface area (TPSA) is 34.1 Å². The van der Waals surface area contributed by atoms with E-state index in [2.05, 4.69) is 0 Å². The molecule has 0 aliphatic heterocycles. The van der Waals surface area contributed by atoms with E-state index in [1.54, 1.807) is 0 Å². The molecular formula is C8H10F2O2. The molecule has 0 aromatic rings. The molecule has 4 heteroatoms. The number of carbonyl (C=O) groups is 2. The zero-order chi connectivity index (χ0) is 9.35. The van der Waals surface area contributed by atoms with Crippen molar-refractivity contribution in [3.8, 4) is 0 Å². The van der Waals surface area contributed by atoms with Crippen LogP contribution in [-0.2, 0) is 9.59 Å². The minimum atomic E-state index is -2.69. The number of rotatable bonds is 3. The van der Waals surface area contributed by atoms with E-state index < -0.39 is 17.6 Å². The van der Waals surface area contributed by atoms with Crippen molar-refractivity contribution in [1.29, 1.82) is 0 Å². The van der Waals surface area contributed by atoms with Crippen molar-refractivity contribution in [1.82, 2.24) is 0 Å². The summed E-state index contributed by atoms with van der Waals surface area (Å²) in [4.78, 5) is 21.5. The average molecular weight is 176 g/mol. The monoisotopic (exact) mass is 176 g/mol. The first-order chi connectivity index (χ1) is 5.49.